The first-order valence-electron chi connectivity index (χ1n) is 9.90. The average molecular weight is 460 g/mol. The minimum atomic E-state index is -3.84. The zero-order valence-corrected chi connectivity index (χ0v) is 18.1. The quantitative estimate of drug-likeness (QED) is 0.453. The highest BCUT2D eigenvalue weighted by Crippen LogP contribution is 2.19. The normalized spacial score (nSPS) is 12.1. The van der Waals surface area contributed by atoms with Crippen LogP contribution in [0.3, 0.4) is 0 Å². The van der Waals surface area contributed by atoms with E-state index in [4.69, 9.17) is 0 Å². The van der Waals surface area contributed by atoms with Crippen molar-refractivity contribution in [3.8, 4) is 0 Å². The molecule has 0 aromatic heterocycles. The maximum Gasteiger partial charge on any atom is 0.261 e. The van der Waals surface area contributed by atoms with E-state index in [0.717, 1.165) is 17.7 Å². The predicted octanol–water partition coefficient (Wildman–Crippen LogP) is 3.92. The first kappa shape index (κ1) is 23.2. The molecule has 0 fully saturated rings. The molecule has 0 spiro atoms. The van der Waals surface area contributed by atoms with Crippen LogP contribution in [-0.2, 0) is 21.2 Å². The molecule has 0 radical (unpaired) electrons. The predicted molar refractivity (Wildman–Crippen MR) is 120 cm³/mol. The molecule has 3 aromatic rings. The van der Waals surface area contributed by atoms with E-state index in [-0.39, 0.29) is 16.6 Å². The average Bonchev–Trinajstić information content (AvgIpc) is 2.76. The van der Waals surface area contributed by atoms with Crippen molar-refractivity contribution in [1.82, 2.24) is 5.32 Å². The Hall–Kier alpha value is -3.46. The maximum atomic E-state index is 13.0. The Morgan fingerprint density at radius 2 is 1.38 bits per heavy atom. The van der Waals surface area contributed by atoms with Gasteiger partial charge in [-0.15, -0.1) is 0 Å². The number of amides is 1. The summed E-state index contributed by atoms with van der Waals surface area (Å²) in [6.07, 6.45) is 0.585. The Labute approximate surface area is 185 Å². The van der Waals surface area contributed by atoms with E-state index in [0.29, 0.717) is 24.3 Å². The molecule has 9 heteroatoms. The summed E-state index contributed by atoms with van der Waals surface area (Å²) in [5.41, 5.74) is 1.89. The lowest BCUT2D eigenvalue weighted by Crippen LogP contribution is -2.38. The summed E-state index contributed by atoms with van der Waals surface area (Å²) in [6.45, 7) is 2.12. The van der Waals surface area contributed by atoms with Gasteiger partial charge in [0.05, 0.1) is 4.90 Å². The van der Waals surface area contributed by atoms with Crippen LogP contribution in [0.5, 0.6) is 0 Å². The first-order valence-corrected chi connectivity index (χ1v) is 11.4. The molecule has 6 nitrogen and oxygen atoms in total. The third-order valence-corrected chi connectivity index (χ3v) is 6.06. The summed E-state index contributed by atoms with van der Waals surface area (Å²) < 4.78 is 53.1. The van der Waals surface area contributed by atoms with E-state index in [1.807, 2.05) is 0 Å². The van der Waals surface area contributed by atoms with Crippen molar-refractivity contribution in [2.75, 3.05) is 16.6 Å². The summed E-state index contributed by atoms with van der Waals surface area (Å²) in [5.74, 6) is -1.02. The van der Waals surface area contributed by atoms with Crippen LogP contribution in [0.1, 0.15) is 12.5 Å². The molecular formula is C23H23F2N3O3S. The number of nitrogens with one attached hydrogen (secondary N) is 3. The molecule has 0 aliphatic heterocycles. The highest BCUT2D eigenvalue weighted by molar-refractivity contribution is 7.92. The molecule has 0 aliphatic rings. The van der Waals surface area contributed by atoms with Gasteiger partial charge >= 0.3 is 0 Å². The van der Waals surface area contributed by atoms with E-state index >= 15 is 0 Å². The highest BCUT2D eigenvalue weighted by Gasteiger charge is 2.15. The molecule has 32 heavy (non-hydrogen) atoms. The molecule has 3 aromatic carbocycles. The number of hydrogen-bond donors (Lipinski definition) is 3. The van der Waals surface area contributed by atoms with E-state index in [2.05, 4.69) is 15.4 Å². The van der Waals surface area contributed by atoms with Crippen LogP contribution in [0.15, 0.2) is 77.7 Å². The Morgan fingerprint density at radius 1 is 0.844 bits per heavy atom. The van der Waals surface area contributed by atoms with E-state index in [9.17, 15) is 22.0 Å². The van der Waals surface area contributed by atoms with Crippen LogP contribution < -0.4 is 15.4 Å². The SMILES string of the molecule is CC(Nc1ccc(NS(=O)(=O)c2ccc(F)cc2)cc1)C(=O)NCCc1ccc(F)cc1. The van der Waals surface area contributed by atoms with Crippen LogP contribution in [0.25, 0.3) is 0 Å². The molecule has 3 rings (SSSR count). The number of hydrogen-bond acceptors (Lipinski definition) is 4. The molecule has 0 aliphatic carbocycles. The lowest BCUT2D eigenvalue weighted by atomic mass is 10.1. The minimum Gasteiger partial charge on any atom is -0.374 e. The van der Waals surface area contributed by atoms with Gasteiger partial charge in [0.25, 0.3) is 10.0 Å². The van der Waals surface area contributed by atoms with Gasteiger partial charge in [0, 0.05) is 17.9 Å². The molecule has 0 heterocycles. The number of anilines is 2. The molecule has 0 saturated heterocycles. The lowest BCUT2D eigenvalue weighted by molar-refractivity contribution is -0.121. The van der Waals surface area contributed by atoms with Crippen molar-refractivity contribution in [1.29, 1.82) is 0 Å². The topological polar surface area (TPSA) is 87.3 Å². The van der Waals surface area contributed by atoms with Gasteiger partial charge < -0.3 is 10.6 Å². The molecule has 0 bridgehead atoms. The summed E-state index contributed by atoms with van der Waals surface area (Å²) in [7, 11) is -3.84. The number of benzene rings is 3. The van der Waals surface area contributed by atoms with E-state index in [1.165, 1.54) is 24.3 Å². The van der Waals surface area contributed by atoms with Gasteiger partial charge in [0.2, 0.25) is 5.91 Å². The molecule has 168 valence electrons. The standard InChI is InChI=1S/C23H23F2N3O3S/c1-16(23(29)26-15-14-17-2-4-18(24)5-3-17)27-20-8-10-21(11-9-20)28-32(30,31)22-12-6-19(25)7-13-22/h2-13,16,27-28H,14-15H2,1H3,(H,26,29). The molecule has 1 atom stereocenters. The fourth-order valence-corrected chi connectivity index (χ4v) is 3.97. The molecule has 1 amide bonds. The van der Waals surface area contributed by atoms with E-state index < -0.39 is 21.9 Å². The Morgan fingerprint density at radius 3 is 1.97 bits per heavy atom. The monoisotopic (exact) mass is 459 g/mol. The zero-order chi connectivity index (χ0) is 23.1. The maximum absolute atomic E-state index is 13.0. The number of carbonyl (C=O) groups is 1. The van der Waals surface area contributed by atoms with Gasteiger partial charge in [-0.05, 0) is 79.6 Å². The van der Waals surface area contributed by atoms with Crippen LogP contribution in [0.4, 0.5) is 20.2 Å². The summed E-state index contributed by atoms with van der Waals surface area (Å²) in [4.78, 5) is 12.2. The van der Waals surface area contributed by atoms with Gasteiger partial charge in [-0.1, -0.05) is 12.1 Å². The molecule has 0 saturated carbocycles. The van der Waals surface area contributed by atoms with Gasteiger partial charge in [0.1, 0.15) is 17.7 Å². The summed E-state index contributed by atoms with van der Waals surface area (Å²) >= 11 is 0. The second-order valence-corrected chi connectivity index (χ2v) is 8.85. The van der Waals surface area contributed by atoms with Crippen LogP contribution in [-0.4, -0.2) is 26.9 Å². The lowest BCUT2D eigenvalue weighted by Gasteiger charge is -2.16. The third kappa shape index (κ3) is 6.52. The Kier molecular flexibility index (Phi) is 7.42. The van der Waals surface area contributed by atoms with Gasteiger partial charge in [-0.2, -0.15) is 0 Å². The summed E-state index contributed by atoms with van der Waals surface area (Å²) in [6, 6.07) is 16.5. The summed E-state index contributed by atoms with van der Waals surface area (Å²) in [5, 5.41) is 5.86. The molecule has 3 N–H and O–H groups in total. The Balaban J connectivity index is 1.50. The Bertz CT molecular complexity index is 1150. The van der Waals surface area contributed by atoms with Gasteiger partial charge in [0.15, 0.2) is 0 Å². The third-order valence-electron chi connectivity index (χ3n) is 4.66. The second kappa shape index (κ2) is 10.2. The van der Waals surface area contributed by atoms with E-state index in [1.54, 1.807) is 43.3 Å². The van der Waals surface area contributed by atoms with Crippen molar-refractivity contribution in [3.05, 3.63) is 90.0 Å². The van der Waals surface area contributed by atoms with Crippen LogP contribution >= 0.6 is 0 Å². The number of sulfonamides is 1. The van der Waals surface area contributed by atoms with Crippen molar-refractivity contribution < 1.29 is 22.0 Å². The zero-order valence-electron chi connectivity index (χ0n) is 17.3. The van der Waals surface area contributed by atoms with Gasteiger partial charge in [-0.3, -0.25) is 9.52 Å². The minimum absolute atomic E-state index is 0.0490. The van der Waals surface area contributed by atoms with Crippen molar-refractivity contribution in [2.45, 2.75) is 24.3 Å². The number of rotatable bonds is 9. The van der Waals surface area contributed by atoms with Gasteiger partial charge in [-0.25, -0.2) is 17.2 Å². The fraction of sp³-hybridized carbons (Fsp3) is 0.174. The number of halogens is 2. The molecule has 1 unspecified atom stereocenters. The van der Waals surface area contributed by atoms with Crippen LogP contribution in [0.2, 0.25) is 0 Å². The second-order valence-electron chi connectivity index (χ2n) is 7.17. The van der Waals surface area contributed by atoms with Crippen molar-refractivity contribution in [2.24, 2.45) is 0 Å². The van der Waals surface area contributed by atoms with Crippen molar-refractivity contribution in [3.63, 3.8) is 0 Å². The largest absolute Gasteiger partial charge is 0.374 e. The van der Waals surface area contributed by atoms with Crippen LogP contribution in [0, 0.1) is 11.6 Å². The highest BCUT2D eigenvalue weighted by atomic mass is 32.2. The first-order chi connectivity index (χ1) is 15.2. The smallest absolute Gasteiger partial charge is 0.261 e. The molecular weight excluding hydrogens is 436 g/mol. The van der Waals surface area contributed by atoms with Crippen molar-refractivity contribution >= 4 is 27.3 Å². The fourth-order valence-electron chi connectivity index (χ4n) is 2.91. The number of carbonyl (C=O) groups excluding carboxylic acids is 1.